The molecule has 0 aliphatic rings. The molecule has 0 spiro atoms. The van der Waals surface area contributed by atoms with Gasteiger partial charge in [0.15, 0.2) is 18.1 Å². The first-order valence-electron chi connectivity index (χ1n) is 8.01. The molecule has 1 aromatic carbocycles. The number of rotatable bonds is 8. The van der Waals surface area contributed by atoms with E-state index in [2.05, 4.69) is 10.3 Å². The third kappa shape index (κ3) is 5.49. The predicted octanol–water partition coefficient (Wildman–Crippen LogP) is 1.60. The second-order valence-corrected chi connectivity index (χ2v) is 6.25. The standard InChI is InChI=1S/C18H21ClN4O4/c1-23(2)16-6-11(4-5-21-16)9-22-18(25)12-7-13(19)17(14(8-12)26-3)27-10-15(20)24/h4-8H,9-10H2,1-3H3,(H2,20,24)(H,22,25). The lowest BCUT2D eigenvalue weighted by Gasteiger charge is -2.14. The topological polar surface area (TPSA) is 107 Å². The van der Waals surface area contributed by atoms with Crippen LogP contribution in [0, 0.1) is 0 Å². The molecule has 2 amide bonds. The smallest absolute Gasteiger partial charge is 0.255 e. The van der Waals surface area contributed by atoms with Crippen LogP contribution in [0.4, 0.5) is 5.82 Å². The molecule has 144 valence electrons. The molecule has 1 aromatic heterocycles. The maximum absolute atomic E-state index is 12.5. The molecular weight excluding hydrogens is 372 g/mol. The van der Waals surface area contributed by atoms with Crippen molar-refractivity contribution in [1.82, 2.24) is 10.3 Å². The number of hydrogen-bond donors (Lipinski definition) is 2. The maximum Gasteiger partial charge on any atom is 0.255 e. The Labute approximate surface area is 162 Å². The summed E-state index contributed by atoms with van der Waals surface area (Å²) in [5.74, 6) is 0.193. The van der Waals surface area contributed by atoms with Crippen LogP contribution in [0.1, 0.15) is 15.9 Å². The summed E-state index contributed by atoms with van der Waals surface area (Å²) in [6.07, 6.45) is 1.68. The summed E-state index contributed by atoms with van der Waals surface area (Å²) >= 11 is 6.16. The van der Waals surface area contributed by atoms with Crippen LogP contribution in [0.2, 0.25) is 5.02 Å². The van der Waals surface area contributed by atoms with Crippen LogP contribution >= 0.6 is 11.6 Å². The number of methoxy groups -OCH3 is 1. The number of primary amides is 1. The summed E-state index contributed by atoms with van der Waals surface area (Å²) in [5.41, 5.74) is 6.27. The SMILES string of the molecule is COc1cc(C(=O)NCc2ccnc(N(C)C)c2)cc(Cl)c1OCC(N)=O. The summed E-state index contributed by atoms with van der Waals surface area (Å²) in [5, 5.41) is 2.95. The lowest BCUT2D eigenvalue weighted by atomic mass is 10.1. The summed E-state index contributed by atoms with van der Waals surface area (Å²) in [7, 11) is 5.19. The minimum absolute atomic E-state index is 0.138. The number of ether oxygens (including phenoxy) is 2. The molecule has 0 aliphatic carbocycles. The van der Waals surface area contributed by atoms with Crippen molar-refractivity contribution in [2.45, 2.75) is 6.54 Å². The van der Waals surface area contributed by atoms with Gasteiger partial charge in [0, 0.05) is 32.4 Å². The van der Waals surface area contributed by atoms with Gasteiger partial charge in [-0.2, -0.15) is 0 Å². The van der Waals surface area contributed by atoms with Gasteiger partial charge in [-0.25, -0.2) is 4.98 Å². The van der Waals surface area contributed by atoms with E-state index in [0.717, 1.165) is 11.4 Å². The van der Waals surface area contributed by atoms with Crippen molar-refractivity contribution in [3.05, 3.63) is 46.6 Å². The van der Waals surface area contributed by atoms with Crippen LogP contribution in [0.3, 0.4) is 0 Å². The van der Waals surface area contributed by atoms with E-state index in [0.29, 0.717) is 12.1 Å². The average molecular weight is 393 g/mol. The monoisotopic (exact) mass is 392 g/mol. The Morgan fingerprint density at radius 1 is 1.30 bits per heavy atom. The zero-order valence-electron chi connectivity index (χ0n) is 15.3. The van der Waals surface area contributed by atoms with Crippen molar-refractivity contribution in [2.24, 2.45) is 5.73 Å². The number of carbonyl (C=O) groups excluding carboxylic acids is 2. The molecule has 0 aliphatic heterocycles. The Morgan fingerprint density at radius 3 is 2.67 bits per heavy atom. The van der Waals surface area contributed by atoms with Gasteiger partial charge >= 0.3 is 0 Å². The molecular formula is C18H21ClN4O4. The highest BCUT2D eigenvalue weighted by atomic mass is 35.5. The number of carbonyl (C=O) groups is 2. The van der Waals surface area contributed by atoms with Crippen LogP contribution < -0.4 is 25.4 Å². The van der Waals surface area contributed by atoms with Crippen molar-refractivity contribution in [2.75, 3.05) is 32.7 Å². The largest absolute Gasteiger partial charge is 0.493 e. The number of nitrogens with zero attached hydrogens (tertiary/aromatic N) is 2. The summed E-state index contributed by atoms with van der Waals surface area (Å²) < 4.78 is 10.4. The zero-order valence-corrected chi connectivity index (χ0v) is 16.0. The number of halogens is 1. The first kappa shape index (κ1) is 20.3. The number of amides is 2. The minimum Gasteiger partial charge on any atom is -0.493 e. The van der Waals surface area contributed by atoms with Crippen LogP contribution in [0.25, 0.3) is 0 Å². The quantitative estimate of drug-likeness (QED) is 0.706. The molecule has 2 rings (SSSR count). The number of hydrogen-bond acceptors (Lipinski definition) is 6. The number of aromatic nitrogens is 1. The first-order chi connectivity index (χ1) is 12.8. The van der Waals surface area contributed by atoms with Gasteiger partial charge in [0.2, 0.25) is 0 Å². The number of anilines is 1. The fraction of sp³-hybridized carbons (Fsp3) is 0.278. The van der Waals surface area contributed by atoms with E-state index >= 15 is 0 Å². The third-order valence-electron chi connectivity index (χ3n) is 3.57. The Bertz CT molecular complexity index is 842. The molecule has 0 atom stereocenters. The Hall–Kier alpha value is -3.00. The summed E-state index contributed by atoms with van der Waals surface area (Å²) in [6, 6.07) is 6.62. The van der Waals surface area contributed by atoms with Crippen molar-refractivity contribution in [3.8, 4) is 11.5 Å². The van der Waals surface area contributed by atoms with Gasteiger partial charge in [-0.15, -0.1) is 0 Å². The Morgan fingerprint density at radius 2 is 2.04 bits per heavy atom. The van der Waals surface area contributed by atoms with Gasteiger partial charge < -0.3 is 25.4 Å². The molecule has 27 heavy (non-hydrogen) atoms. The van der Waals surface area contributed by atoms with Gasteiger partial charge in [0.1, 0.15) is 5.82 Å². The van der Waals surface area contributed by atoms with E-state index < -0.39 is 5.91 Å². The average Bonchev–Trinajstić information content (AvgIpc) is 2.64. The van der Waals surface area contributed by atoms with Gasteiger partial charge in [0.25, 0.3) is 11.8 Å². The zero-order chi connectivity index (χ0) is 20.0. The van der Waals surface area contributed by atoms with Gasteiger partial charge in [-0.05, 0) is 29.8 Å². The second-order valence-electron chi connectivity index (χ2n) is 5.84. The van der Waals surface area contributed by atoms with Crippen LogP contribution in [0.5, 0.6) is 11.5 Å². The lowest BCUT2D eigenvalue weighted by Crippen LogP contribution is -2.23. The number of nitrogens with one attached hydrogen (secondary N) is 1. The third-order valence-corrected chi connectivity index (χ3v) is 3.85. The van der Waals surface area contributed by atoms with Gasteiger partial charge in [0.05, 0.1) is 12.1 Å². The summed E-state index contributed by atoms with van der Waals surface area (Å²) in [6.45, 7) is -0.0278. The van der Waals surface area contributed by atoms with Gasteiger partial charge in [-0.1, -0.05) is 11.6 Å². The van der Waals surface area contributed by atoms with E-state index in [1.807, 2.05) is 31.1 Å². The molecule has 0 unspecified atom stereocenters. The molecule has 1 heterocycles. The van der Waals surface area contributed by atoms with Gasteiger partial charge in [-0.3, -0.25) is 9.59 Å². The van der Waals surface area contributed by atoms with Crippen LogP contribution in [-0.2, 0) is 11.3 Å². The van der Waals surface area contributed by atoms with E-state index in [-0.39, 0.29) is 29.0 Å². The van der Waals surface area contributed by atoms with Crippen LogP contribution in [-0.4, -0.2) is 44.6 Å². The van der Waals surface area contributed by atoms with Crippen molar-refractivity contribution in [3.63, 3.8) is 0 Å². The molecule has 0 fully saturated rings. The second kappa shape index (κ2) is 9.09. The fourth-order valence-electron chi connectivity index (χ4n) is 2.23. The highest BCUT2D eigenvalue weighted by Gasteiger charge is 2.16. The molecule has 0 bridgehead atoms. The van der Waals surface area contributed by atoms with Crippen molar-refractivity contribution < 1.29 is 19.1 Å². The van der Waals surface area contributed by atoms with Crippen molar-refractivity contribution >= 4 is 29.2 Å². The first-order valence-corrected chi connectivity index (χ1v) is 8.38. The maximum atomic E-state index is 12.5. The highest BCUT2D eigenvalue weighted by molar-refractivity contribution is 6.32. The fourth-order valence-corrected chi connectivity index (χ4v) is 2.50. The van der Waals surface area contributed by atoms with E-state index in [1.54, 1.807) is 6.20 Å². The van der Waals surface area contributed by atoms with Crippen LogP contribution in [0.15, 0.2) is 30.5 Å². The predicted molar refractivity (Wildman–Crippen MR) is 102 cm³/mol. The molecule has 0 radical (unpaired) electrons. The van der Waals surface area contributed by atoms with E-state index in [4.69, 9.17) is 26.8 Å². The van der Waals surface area contributed by atoms with Crippen molar-refractivity contribution in [1.29, 1.82) is 0 Å². The van der Waals surface area contributed by atoms with E-state index in [9.17, 15) is 9.59 Å². The lowest BCUT2D eigenvalue weighted by molar-refractivity contribution is -0.119. The highest BCUT2D eigenvalue weighted by Crippen LogP contribution is 2.36. The molecule has 2 aromatic rings. The minimum atomic E-state index is -0.649. The van der Waals surface area contributed by atoms with E-state index in [1.165, 1.54) is 19.2 Å². The molecule has 0 saturated heterocycles. The normalized spacial score (nSPS) is 10.2. The summed E-state index contributed by atoms with van der Waals surface area (Å²) in [4.78, 5) is 29.5. The number of pyridine rings is 1. The molecule has 3 N–H and O–H groups in total. The molecule has 9 heteroatoms. The number of benzene rings is 1. The number of nitrogens with two attached hydrogens (primary N) is 1. The molecule has 8 nitrogen and oxygen atoms in total. The Kier molecular flexibility index (Phi) is 6.84. The Balaban J connectivity index is 2.13. The molecule has 0 saturated carbocycles.